The lowest BCUT2D eigenvalue weighted by molar-refractivity contribution is -0.210. The monoisotopic (exact) mass is 205 g/mol. The lowest BCUT2D eigenvalue weighted by Crippen LogP contribution is -2.62. The molecule has 0 bridgehead atoms. The third-order valence-electron chi connectivity index (χ3n) is 2.32. The molecule has 6 nitrogen and oxygen atoms in total. The van der Waals surface area contributed by atoms with Crippen LogP contribution in [0.25, 0.3) is 0 Å². The average Bonchev–Trinajstić information content (AvgIpc) is 2.14. The van der Waals surface area contributed by atoms with Gasteiger partial charge in [0.1, 0.15) is 24.9 Å². The Labute approximate surface area is 80.7 Å². The van der Waals surface area contributed by atoms with E-state index >= 15 is 0 Å². The van der Waals surface area contributed by atoms with Gasteiger partial charge in [-0.05, 0) is 6.92 Å². The Bertz CT molecular complexity index is 230. The topological polar surface area (TPSA) is 107 Å². The molecule has 1 radical (unpaired) electrons. The maximum absolute atomic E-state index is 11.0. The van der Waals surface area contributed by atoms with Crippen LogP contribution in [0, 0.1) is 6.61 Å². The van der Waals surface area contributed by atoms with Gasteiger partial charge in [0.25, 0.3) is 0 Å². The Balaban J connectivity index is 2.83. The molecule has 4 N–H and O–H groups in total. The van der Waals surface area contributed by atoms with Crippen molar-refractivity contribution in [2.24, 2.45) is 0 Å². The normalized spacial score (nSPS) is 43.6. The summed E-state index contributed by atoms with van der Waals surface area (Å²) in [6.45, 7) is 1.30. The minimum absolute atomic E-state index is 0.511. The van der Waals surface area contributed by atoms with Gasteiger partial charge in [0.2, 0.25) is 0 Å². The molecule has 1 fully saturated rings. The number of ketones is 1. The summed E-state index contributed by atoms with van der Waals surface area (Å²) in [4.78, 5) is 11.0. The Morgan fingerprint density at radius 3 is 2.57 bits per heavy atom. The SMILES string of the molecule is CC(=O)[C@]1(O)[CH]O[C@H](CO)[C@@H](O)[C@@H]1O. The fourth-order valence-electron chi connectivity index (χ4n) is 1.25. The van der Waals surface area contributed by atoms with Crippen LogP contribution in [-0.2, 0) is 9.53 Å². The molecule has 0 unspecified atom stereocenters. The van der Waals surface area contributed by atoms with Gasteiger partial charge in [-0.25, -0.2) is 0 Å². The molecule has 1 aliphatic rings. The Hall–Kier alpha value is -0.530. The molecule has 14 heavy (non-hydrogen) atoms. The van der Waals surface area contributed by atoms with Crippen LogP contribution in [0.3, 0.4) is 0 Å². The summed E-state index contributed by atoms with van der Waals surface area (Å²) in [5.74, 6) is -0.736. The molecule has 0 aromatic rings. The zero-order chi connectivity index (χ0) is 10.9. The summed E-state index contributed by atoms with van der Waals surface area (Å²) in [5.41, 5.74) is -2.20. The average molecular weight is 205 g/mol. The second-order valence-electron chi connectivity index (χ2n) is 3.29. The molecule has 4 atom stereocenters. The van der Waals surface area contributed by atoms with Crippen LogP contribution in [0.2, 0.25) is 0 Å². The number of Topliss-reactive ketones (excluding diaryl/α,β-unsaturated/α-hetero) is 1. The van der Waals surface area contributed by atoms with E-state index in [0.29, 0.717) is 0 Å². The number of hydrogen-bond acceptors (Lipinski definition) is 6. The highest BCUT2D eigenvalue weighted by atomic mass is 16.5. The van der Waals surface area contributed by atoms with Gasteiger partial charge in [-0.1, -0.05) is 0 Å². The summed E-state index contributed by atoms with van der Waals surface area (Å²) < 4.78 is 4.73. The minimum Gasteiger partial charge on any atom is -0.394 e. The molecule has 0 spiro atoms. The second kappa shape index (κ2) is 3.92. The van der Waals surface area contributed by atoms with Crippen molar-refractivity contribution in [3.8, 4) is 0 Å². The Morgan fingerprint density at radius 1 is 1.57 bits per heavy atom. The molecule has 6 heteroatoms. The molecule has 0 saturated carbocycles. The number of carbonyl (C=O) groups excluding carboxylic acids is 1. The zero-order valence-corrected chi connectivity index (χ0v) is 7.62. The van der Waals surface area contributed by atoms with Gasteiger partial charge in [-0.3, -0.25) is 4.79 Å². The summed E-state index contributed by atoms with van der Waals surface area (Å²) in [5, 5.41) is 37.1. The van der Waals surface area contributed by atoms with E-state index in [9.17, 15) is 20.1 Å². The predicted octanol–water partition coefficient (Wildman–Crippen LogP) is -2.42. The number of aliphatic hydroxyl groups is 4. The first-order valence-electron chi connectivity index (χ1n) is 4.13. The van der Waals surface area contributed by atoms with Gasteiger partial charge in [0.05, 0.1) is 6.61 Å². The highest BCUT2D eigenvalue weighted by Crippen LogP contribution is 2.28. The molecule has 1 saturated heterocycles. The first kappa shape index (κ1) is 11.5. The maximum atomic E-state index is 11.0. The quantitative estimate of drug-likeness (QED) is 0.399. The molecule has 0 aliphatic carbocycles. The van der Waals surface area contributed by atoms with Crippen LogP contribution in [0.15, 0.2) is 0 Å². The van der Waals surface area contributed by atoms with Crippen molar-refractivity contribution in [2.75, 3.05) is 6.61 Å². The van der Waals surface area contributed by atoms with E-state index in [1.54, 1.807) is 0 Å². The lowest BCUT2D eigenvalue weighted by atomic mass is 9.85. The fourth-order valence-corrected chi connectivity index (χ4v) is 1.25. The van der Waals surface area contributed by atoms with Crippen LogP contribution in [0.5, 0.6) is 0 Å². The van der Waals surface area contributed by atoms with Gasteiger partial charge in [-0.2, -0.15) is 0 Å². The van der Waals surface area contributed by atoms with Crippen LogP contribution in [-0.4, -0.2) is 56.7 Å². The van der Waals surface area contributed by atoms with Gasteiger partial charge >= 0.3 is 0 Å². The summed E-state index contributed by atoms with van der Waals surface area (Å²) in [7, 11) is 0. The van der Waals surface area contributed by atoms with Gasteiger partial charge in [-0.15, -0.1) is 0 Å². The van der Waals surface area contributed by atoms with Crippen molar-refractivity contribution in [1.82, 2.24) is 0 Å². The molecule has 0 aromatic heterocycles. The first-order chi connectivity index (χ1) is 6.43. The first-order valence-corrected chi connectivity index (χ1v) is 4.13. The molecule has 81 valence electrons. The van der Waals surface area contributed by atoms with Crippen molar-refractivity contribution >= 4 is 5.78 Å². The number of ether oxygens (including phenoxy) is 1. The Kier molecular flexibility index (Phi) is 3.23. The predicted molar refractivity (Wildman–Crippen MR) is 43.9 cm³/mol. The molecule has 0 aromatic carbocycles. The van der Waals surface area contributed by atoms with Gasteiger partial charge < -0.3 is 25.2 Å². The number of rotatable bonds is 2. The molecular formula is C8H13O6. The number of carbonyl (C=O) groups is 1. The highest BCUT2D eigenvalue weighted by molar-refractivity contribution is 5.87. The van der Waals surface area contributed by atoms with Gasteiger partial charge in [0, 0.05) is 0 Å². The van der Waals surface area contributed by atoms with E-state index in [2.05, 4.69) is 0 Å². The smallest absolute Gasteiger partial charge is 0.179 e. The summed E-state index contributed by atoms with van der Waals surface area (Å²) >= 11 is 0. The number of aliphatic hydroxyl groups excluding tert-OH is 3. The lowest BCUT2D eigenvalue weighted by Gasteiger charge is -2.40. The molecule has 1 aliphatic heterocycles. The molecular weight excluding hydrogens is 192 g/mol. The van der Waals surface area contributed by atoms with E-state index in [-0.39, 0.29) is 0 Å². The van der Waals surface area contributed by atoms with E-state index in [0.717, 1.165) is 13.5 Å². The standard InChI is InChI=1S/C8H13O6/c1-4(10)8(13)3-14-5(2-9)6(11)7(8)12/h3,5-7,9,11-13H,2H2,1H3/t5-,6-,7+,8-/m1/s1. The van der Waals surface area contributed by atoms with E-state index in [4.69, 9.17) is 9.84 Å². The fraction of sp³-hybridized carbons (Fsp3) is 0.750. The third kappa shape index (κ3) is 1.67. The third-order valence-corrected chi connectivity index (χ3v) is 2.32. The van der Waals surface area contributed by atoms with Crippen molar-refractivity contribution < 1.29 is 30.0 Å². The summed E-state index contributed by atoms with van der Waals surface area (Å²) in [6, 6.07) is 0. The molecule has 0 amide bonds. The number of hydrogen-bond donors (Lipinski definition) is 4. The van der Waals surface area contributed by atoms with Crippen molar-refractivity contribution in [3.05, 3.63) is 6.61 Å². The van der Waals surface area contributed by atoms with Crippen LogP contribution >= 0.6 is 0 Å². The van der Waals surface area contributed by atoms with Crippen molar-refractivity contribution in [1.29, 1.82) is 0 Å². The van der Waals surface area contributed by atoms with Crippen molar-refractivity contribution in [2.45, 2.75) is 30.8 Å². The van der Waals surface area contributed by atoms with Crippen LogP contribution < -0.4 is 0 Å². The van der Waals surface area contributed by atoms with E-state index in [1.807, 2.05) is 0 Å². The van der Waals surface area contributed by atoms with Crippen LogP contribution in [0.4, 0.5) is 0 Å². The maximum Gasteiger partial charge on any atom is 0.179 e. The van der Waals surface area contributed by atoms with Gasteiger partial charge in [0.15, 0.2) is 11.4 Å². The Morgan fingerprint density at radius 2 is 2.14 bits per heavy atom. The summed E-state index contributed by atoms with van der Waals surface area (Å²) in [6.07, 6.45) is -4.21. The van der Waals surface area contributed by atoms with E-state index in [1.165, 1.54) is 0 Å². The molecule has 1 heterocycles. The van der Waals surface area contributed by atoms with E-state index < -0.39 is 36.3 Å². The second-order valence-corrected chi connectivity index (χ2v) is 3.29. The van der Waals surface area contributed by atoms with Crippen molar-refractivity contribution in [3.63, 3.8) is 0 Å². The largest absolute Gasteiger partial charge is 0.394 e. The zero-order valence-electron chi connectivity index (χ0n) is 7.62. The van der Waals surface area contributed by atoms with Crippen LogP contribution in [0.1, 0.15) is 6.92 Å². The highest BCUT2D eigenvalue weighted by Gasteiger charge is 2.51. The molecule has 1 rings (SSSR count). The minimum atomic E-state index is -2.20.